The molecule has 122 valence electrons. The fourth-order valence-corrected chi connectivity index (χ4v) is 2.19. The number of anilines is 2. The van der Waals surface area contributed by atoms with E-state index in [4.69, 9.17) is 0 Å². The summed E-state index contributed by atoms with van der Waals surface area (Å²) in [5, 5.41) is 14.7. The molecule has 2 N–H and O–H groups in total. The minimum atomic E-state index is -0.519. The molecule has 5 heteroatoms. The van der Waals surface area contributed by atoms with Crippen molar-refractivity contribution in [3.05, 3.63) is 71.7 Å². The molecule has 0 aliphatic heterocycles. The zero-order chi connectivity index (χ0) is 17.5. The van der Waals surface area contributed by atoms with Gasteiger partial charge in [0.05, 0.1) is 0 Å². The smallest absolute Gasteiger partial charge is 0.267 e. The van der Waals surface area contributed by atoms with Crippen LogP contribution in [0.15, 0.2) is 60.3 Å². The summed E-state index contributed by atoms with van der Waals surface area (Å²) in [5.74, 6) is -0.682. The topological polar surface area (TPSA) is 64.9 Å². The number of rotatable bonds is 5. The van der Waals surface area contributed by atoms with Crippen LogP contribution in [-0.4, -0.2) is 5.91 Å². The van der Waals surface area contributed by atoms with Crippen LogP contribution < -0.4 is 10.6 Å². The summed E-state index contributed by atoms with van der Waals surface area (Å²) in [4.78, 5) is 12.3. The van der Waals surface area contributed by atoms with E-state index in [0.29, 0.717) is 11.4 Å². The Morgan fingerprint density at radius 3 is 2.62 bits per heavy atom. The molecule has 0 saturated carbocycles. The van der Waals surface area contributed by atoms with Gasteiger partial charge < -0.3 is 10.6 Å². The molecule has 2 aromatic carbocycles. The first-order chi connectivity index (χ1) is 11.5. The molecule has 2 rings (SSSR count). The molecular formula is C19H18FN3O. The molecule has 24 heavy (non-hydrogen) atoms. The van der Waals surface area contributed by atoms with E-state index in [1.807, 2.05) is 38.1 Å². The lowest BCUT2D eigenvalue weighted by Gasteiger charge is -2.13. The Morgan fingerprint density at radius 1 is 1.21 bits per heavy atom. The molecule has 0 aliphatic carbocycles. The Kier molecular flexibility index (Phi) is 5.69. The number of nitrogens with zero attached hydrogens (tertiary/aromatic N) is 1. The summed E-state index contributed by atoms with van der Waals surface area (Å²) < 4.78 is 13.1. The summed E-state index contributed by atoms with van der Waals surface area (Å²) in [6.45, 7) is 4.05. The molecule has 0 unspecified atom stereocenters. The van der Waals surface area contributed by atoms with Gasteiger partial charge in [0.15, 0.2) is 0 Å². The maximum Gasteiger partial charge on any atom is 0.267 e. The highest BCUT2D eigenvalue weighted by atomic mass is 19.1. The standard InChI is InChI=1S/C19H18FN3O/c1-13(2)17-8-3-4-9-18(17)23-19(24)14(11-21)12-22-16-7-5-6-15(20)10-16/h3-10,12-13,22H,1-2H3,(H,23,24)/b14-12-. The molecule has 0 heterocycles. The van der Waals surface area contributed by atoms with Gasteiger partial charge in [-0.3, -0.25) is 4.79 Å². The fourth-order valence-electron chi connectivity index (χ4n) is 2.19. The number of nitrogens with one attached hydrogen (secondary N) is 2. The number of nitriles is 1. The van der Waals surface area contributed by atoms with Crippen molar-refractivity contribution in [2.45, 2.75) is 19.8 Å². The van der Waals surface area contributed by atoms with Crippen LogP contribution in [0.5, 0.6) is 0 Å². The van der Waals surface area contributed by atoms with Crippen LogP contribution >= 0.6 is 0 Å². The van der Waals surface area contributed by atoms with Crippen LogP contribution in [0.25, 0.3) is 0 Å². The zero-order valence-corrected chi connectivity index (χ0v) is 13.5. The second kappa shape index (κ2) is 7.93. The summed E-state index contributed by atoms with van der Waals surface area (Å²) in [7, 11) is 0. The normalized spacial score (nSPS) is 11.0. The number of benzene rings is 2. The van der Waals surface area contributed by atoms with Crippen LogP contribution in [0.3, 0.4) is 0 Å². The minimum Gasteiger partial charge on any atom is -0.360 e. The van der Waals surface area contributed by atoms with Gasteiger partial charge in [-0.1, -0.05) is 38.1 Å². The van der Waals surface area contributed by atoms with Crippen LogP contribution in [0, 0.1) is 17.1 Å². The number of carbonyl (C=O) groups excluding carboxylic acids is 1. The maximum absolute atomic E-state index is 13.1. The van der Waals surface area contributed by atoms with E-state index in [1.165, 1.54) is 24.4 Å². The first kappa shape index (κ1) is 17.2. The summed E-state index contributed by atoms with van der Waals surface area (Å²) in [5.41, 5.74) is 2.02. The second-order valence-electron chi connectivity index (χ2n) is 5.52. The first-order valence-electron chi connectivity index (χ1n) is 7.54. The van der Waals surface area contributed by atoms with E-state index in [9.17, 15) is 14.4 Å². The third kappa shape index (κ3) is 4.43. The number of halogens is 1. The lowest BCUT2D eigenvalue weighted by atomic mass is 10.0. The van der Waals surface area contributed by atoms with Crippen molar-refractivity contribution in [2.24, 2.45) is 0 Å². The highest BCUT2D eigenvalue weighted by molar-refractivity contribution is 6.07. The van der Waals surface area contributed by atoms with E-state index in [2.05, 4.69) is 10.6 Å². The summed E-state index contributed by atoms with van der Waals surface area (Å²) in [6, 6.07) is 15.1. The number of carbonyl (C=O) groups is 1. The van der Waals surface area contributed by atoms with E-state index in [-0.39, 0.29) is 11.5 Å². The molecule has 0 spiro atoms. The van der Waals surface area contributed by atoms with Crippen molar-refractivity contribution in [1.82, 2.24) is 0 Å². The lowest BCUT2D eigenvalue weighted by Crippen LogP contribution is -2.16. The monoisotopic (exact) mass is 323 g/mol. The Bertz CT molecular complexity index is 806. The molecule has 0 fully saturated rings. The highest BCUT2D eigenvalue weighted by Gasteiger charge is 2.13. The van der Waals surface area contributed by atoms with E-state index >= 15 is 0 Å². The van der Waals surface area contributed by atoms with E-state index in [1.54, 1.807) is 12.1 Å². The predicted octanol–water partition coefficient (Wildman–Crippen LogP) is 4.41. The largest absolute Gasteiger partial charge is 0.360 e. The highest BCUT2D eigenvalue weighted by Crippen LogP contribution is 2.24. The molecule has 0 saturated heterocycles. The average Bonchev–Trinajstić information content (AvgIpc) is 2.55. The molecule has 4 nitrogen and oxygen atoms in total. The van der Waals surface area contributed by atoms with Gasteiger partial charge in [0.2, 0.25) is 0 Å². The number of hydrogen-bond acceptors (Lipinski definition) is 3. The molecule has 0 aliphatic rings. The molecule has 2 aromatic rings. The average molecular weight is 323 g/mol. The first-order valence-corrected chi connectivity index (χ1v) is 7.54. The molecule has 0 bridgehead atoms. The Morgan fingerprint density at radius 2 is 1.96 bits per heavy atom. The van der Waals surface area contributed by atoms with Crippen molar-refractivity contribution in [2.75, 3.05) is 10.6 Å². The third-order valence-corrected chi connectivity index (χ3v) is 3.40. The van der Waals surface area contributed by atoms with Gasteiger partial charge in [0, 0.05) is 17.6 Å². The van der Waals surface area contributed by atoms with Crippen molar-refractivity contribution in [3.63, 3.8) is 0 Å². The zero-order valence-electron chi connectivity index (χ0n) is 13.5. The SMILES string of the molecule is CC(C)c1ccccc1NC(=O)/C(C#N)=C\Nc1cccc(F)c1. The van der Waals surface area contributed by atoms with Gasteiger partial charge in [0.1, 0.15) is 17.5 Å². The Labute approximate surface area is 140 Å². The summed E-state index contributed by atoms with van der Waals surface area (Å²) in [6.07, 6.45) is 1.27. The Balaban J connectivity index is 2.15. The third-order valence-electron chi connectivity index (χ3n) is 3.40. The number of amides is 1. The molecule has 1 amide bonds. The molecule has 0 radical (unpaired) electrons. The predicted molar refractivity (Wildman–Crippen MR) is 92.9 cm³/mol. The minimum absolute atomic E-state index is 0.0992. The second-order valence-corrected chi connectivity index (χ2v) is 5.52. The van der Waals surface area contributed by atoms with Crippen molar-refractivity contribution < 1.29 is 9.18 Å². The van der Waals surface area contributed by atoms with Gasteiger partial charge in [-0.15, -0.1) is 0 Å². The lowest BCUT2D eigenvalue weighted by molar-refractivity contribution is -0.112. The number of para-hydroxylation sites is 1. The van der Waals surface area contributed by atoms with Gasteiger partial charge in [-0.2, -0.15) is 5.26 Å². The molecule has 0 atom stereocenters. The van der Waals surface area contributed by atoms with Crippen molar-refractivity contribution >= 4 is 17.3 Å². The molecule has 0 aromatic heterocycles. The van der Waals surface area contributed by atoms with Crippen LogP contribution in [0.2, 0.25) is 0 Å². The van der Waals surface area contributed by atoms with Gasteiger partial charge in [-0.05, 0) is 35.7 Å². The molecular weight excluding hydrogens is 305 g/mol. The van der Waals surface area contributed by atoms with Crippen molar-refractivity contribution in [3.8, 4) is 6.07 Å². The van der Waals surface area contributed by atoms with Crippen LogP contribution in [0.1, 0.15) is 25.3 Å². The van der Waals surface area contributed by atoms with Gasteiger partial charge >= 0.3 is 0 Å². The van der Waals surface area contributed by atoms with Crippen molar-refractivity contribution in [1.29, 1.82) is 5.26 Å². The quantitative estimate of drug-likeness (QED) is 0.633. The van der Waals surface area contributed by atoms with E-state index in [0.717, 1.165) is 5.56 Å². The Hall–Kier alpha value is -3.13. The van der Waals surface area contributed by atoms with Crippen LogP contribution in [0.4, 0.5) is 15.8 Å². The number of hydrogen-bond donors (Lipinski definition) is 2. The van der Waals surface area contributed by atoms with Gasteiger partial charge in [-0.25, -0.2) is 4.39 Å². The fraction of sp³-hybridized carbons (Fsp3) is 0.158. The van der Waals surface area contributed by atoms with Gasteiger partial charge in [0.25, 0.3) is 5.91 Å². The van der Waals surface area contributed by atoms with E-state index < -0.39 is 11.7 Å². The summed E-state index contributed by atoms with van der Waals surface area (Å²) >= 11 is 0. The van der Waals surface area contributed by atoms with Crippen LogP contribution in [-0.2, 0) is 4.79 Å². The maximum atomic E-state index is 13.1.